The summed E-state index contributed by atoms with van der Waals surface area (Å²) in [7, 11) is 0. The summed E-state index contributed by atoms with van der Waals surface area (Å²) in [5, 5.41) is 10.3. The van der Waals surface area contributed by atoms with Crippen molar-refractivity contribution >= 4 is 76.2 Å². The second-order valence-corrected chi connectivity index (χ2v) is 13.0. The first-order valence-electron chi connectivity index (χ1n) is 16.9. The average molecular weight is 638 g/mol. The number of para-hydroxylation sites is 3. The third-order valence-corrected chi connectivity index (χ3v) is 10.2. The monoisotopic (exact) mass is 637 g/mol. The van der Waals surface area contributed by atoms with Crippen LogP contribution in [0.15, 0.2) is 168 Å². The molecule has 11 rings (SSSR count). The van der Waals surface area contributed by atoms with E-state index in [9.17, 15) is 0 Å². The van der Waals surface area contributed by atoms with Gasteiger partial charge in [0, 0.05) is 43.6 Å². The molecule has 11 aromatic rings. The predicted octanol–water partition coefficient (Wildman–Crippen LogP) is 12.3. The SMILES string of the molecule is c1ccc(-c2nc(-n3c4cc5ccccc5cc4c4cccc(-c5cccc6c5oc5ccc7ccccc7c56)c43)nc3ccccc23)cc1. The number of benzene rings is 8. The van der Waals surface area contributed by atoms with Gasteiger partial charge < -0.3 is 4.42 Å². The Labute approximate surface area is 286 Å². The van der Waals surface area contributed by atoms with E-state index in [-0.39, 0.29) is 0 Å². The van der Waals surface area contributed by atoms with Crippen LogP contribution in [0.2, 0.25) is 0 Å². The topological polar surface area (TPSA) is 43.9 Å². The molecule has 0 bridgehead atoms. The van der Waals surface area contributed by atoms with E-state index in [4.69, 9.17) is 14.4 Å². The first-order chi connectivity index (χ1) is 24.8. The van der Waals surface area contributed by atoms with E-state index in [0.29, 0.717) is 5.95 Å². The Morgan fingerprint density at radius 3 is 2.00 bits per heavy atom. The highest BCUT2D eigenvalue weighted by molar-refractivity contribution is 6.23. The summed E-state index contributed by atoms with van der Waals surface area (Å²) in [4.78, 5) is 10.7. The van der Waals surface area contributed by atoms with Crippen molar-refractivity contribution in [1.29, 1.82) is 0 Å². The summed E-state index contributed by atoms with van der Waals surface area (Å²) in [5.74, 6) is 0.632. The van der Waals surface area contributed by atoms with E-state index < -0.39 is 0 Å². The van der Waals surface area contributed by atoms with Crippen molar-refractivity contribution in [2.75, 3.05) is 0 Å². The molecule has 232 valence electrons. The number of aromatic nitrogens is 3. The minimum Gasteiger partial charge on any atom is -0.455 e. The van der Waals surface area contributed by atoms with Gasteiger partial charge in [-0.25, -0.2) is 9.97 Å². The van der Waals surface area contributed by atoms with E-state index in [0.717, 1.165) is 77.0 Å². The zero-order valence-electron chi connectivity index (χ0n) is 26.8. The van der Waals surface area contributed by atoms with Crippen molar-refractivity contribution in [2.24, 2.45) is 0 Å². The van der Waals surface area contributed by atoms with Gasteiger partial charge in [-0.3, -0.25) is 4.57 Å². The van der Waals surface area contributed by atoms with Crippen molar-refractivity contribution in [2.45, 2.75) is 0 Å². The molecule has 0 spiro atoms. The molecule has 4 heteroatoms. The molecule has 3 heterocycles. The Morgan fingerprint density at radius 2 is 1.14 bits per heavy atom. The Kier molecular flexibility index (Phi) is 5.63. The smallest absolute Gasteiger partial charge is 0.235 e. The minimum atomic E-state index is 0.632. The second-order valence-electron chi connectivity index (χ2n) is 13.0. The number of fused-ring (bicyclic) bond motifs is 10. The van der Waals surface area contributed by atoms with Crippen LogP contribution in [0.25, 0.3) is 105 Å². The largest absolute Gasteiger partial charge is 0.455 e. The molecule has 0 saturated carbocycles. The quantitative estimate of drug-likeness (QED) is 0.194. The van der Waals surface area contributed by atoms with Crippen LogP contribution in [0.3, 0.4) is 0 Å². The highest BCUT2D eigenvalue weighted by Gasteiger charge is 2.23. The van der Waals surface area contributed by atoms with Crippen LogP contribution in [0.4, 0.5) is 0 Å². The summed E-state index contributed by atoms with van der Waals surface area (Å²) in [6.07, 6.45) is 0. The van der Waals surface area contributed by atoms with Gasteiger partial charge in [-0.15, -0.1) is 0 Å². The van der Waals surface area contributed by atoms with Crippen LogP contribution in [0.5, 0.6) is 0 Å². The average Bonchev–Trinajstić information content (AvgIpc) is 3.73. The molecule has 0 unspecified atom stereocenters. The van der Waals surface area contributed by atoms with Crippen LogP contribution < -0.4 is 0 Å². The molecule has 0 atom stereocenters. The number of hydrogen-bond donors (Lipinski definition) is 0. The summed E-state index contributed by atoms with van der Waals surface area (Å²) in [6.45, 7) is 0. The molecule has 4 nitrogen and oxygen atoms in total. The Bertz CT molecular complexity index is 3150. The van der Waals surface area contributed by atoms with Gasteiger partial charge >= 0.3 is 0 Å². The maximum absolute atomic E-state index is 6.77. The number of hydrogen-bond acceptors (Lipinski definition) is 3. The van der Waals surface area contributed by atoms with Crippen molar-refractivity contribution in [3.8, 4) is 28.3 Å². The molecule has 0 saturated heterocycles. The summed E-state index contributed by atoms with van der Waals surface area (Å²) in [6, 6.07) is 57.7. The van der Waals surface area contributed by atoms with Crippen LogP contribution >= 0.6 is 0 Å². The van der Waals surface area contributed by atoms with Gasteiger partial charge in [-0.05, 0) is 45.8 Å². The van der Waals surface area contributed by atoms with Crippen LogP contribution in [-0.4, -0.2) is 14.5 Å². The lowest BCUT2D eigenvalue weighted by Crippen LogP contribution is -2.04. The van der Waals surface area contributed by atoms with Gasteiger partial charge in [0.1, 0.15) is 11.2 Å². The van der Waals surface area contributed by atoms with E-state index in [1.165, 1.54) is 21.5 Å². The molecule has 0 aliphatic carbocycles. The second kappa shape index (κ2) is 10.4. The lowest BCUT2D eigenvalue weighted by molar-refractivity contribution is 0.670. The normalized spacial score (nSPS) is 12.0. The van der Waals surface area contributed by atoms with Crippen LogP contribution in [0.1, 0.15) is 0 Å². The molecule has 0 fully saturated rings. The number of rotatable bonds is 3. The minimum absolute atomic E-state index is 0.632. The number of furan rings is 1. The third kappa shape index (κ3) is 3.87. The molecule has 0 amide bonds. The Hall–Kier alpha value is -6.78. The molecular formula is C46H27N3O. The van der Waals surface area contributed by atoms with E-state index >= 15 is 0 Å². The molecule has 0 aliphatic rings. The van der Waals surface area contributed by atoms with Gasteiger partial charge in [-0.1, -0.05) is 140 Å². The lowest BCUT2D eigenvalue weighted by Gasteiger charge is -2.14. The molecule has 50 heavy (non-hydrogen) atoms. The molecule has 8 aromatic carbocycles. The predicted molar refractivity (Wildman–Crippen MR) is 207 cm³/mol. The van der Waals surface area contributed by atoms with Crippen molar-refractivity contribution in [1.82, 2.24) is 14.5 Å². The van der Waals surface area contributed by atoms with Crippen molar-refractivity contribution < 1.29 is 4.42 Å². The summed E-state index contributed by atoms with van der Waals surface area (Å²) >= 11 is 0. The molecule has 3 aromatic heterocycles. The van der Waals surface area contributed by atoms with Gasteiger partial charge in [-0.2, -0.15) is 0 Å². The van der Waals surface area contributed by atoms with Crippen molar-refractivity contribution in [3.63, 3.8) is 0 Å². The molecular weight excluding hydrogens is 611 g/mol. The highest BCUT2D eigenvalue weighted by Crippen LogP contribution is 2.44. The lowest BCUT2D eigenvalue weighted by atomic mass is 9.98. The highest BCUT2D eigenvalue weighted by atomic mass is 16.3. The van der Waals surface area contributed by atoms with Crippen LogP contribution in [-0.2, 0) is 0 Å². The maximum Gasteiger partial charge on any atom is 0.235 e. The van der Waals surface area contributed by atoms with Gasteiger partial charge in [0.15, 0.2) is 0 Å². The van der Waals surface area contributed by atoms with Gasteiger partial charge in [0.05, 0.1) is 22.2 Å². The fraction of sp³-hybridized carbons (Fsp3) is 0. The zero-order valence-corrected chi connectivity index (χ0v) is 26.8. The van der Waals surface area contributed by atoms with Gasteiger partial charge in [0.2, 0.25) is 5.95 Å². The first kappa shape index (κ1) is 27.2. The van der Waals surface area contributed by atoms with Crippen molar-refractivity contribution in [3.05, 3.63) is 164 Å². The Balaban J connectivity index is 1.29. The fourth-order valence-corrected chi connectivity index (χ4v) is 7.94. The zero-order chi connectivity index (χ0) is 32.8. The van der Waals surface area contributed by atoms with E-state index in [1.54, 1.807) is 0 Å². The maximum atomic E-state index is 6.77. The molecule has 0 radical (unpaired) electrons. The van der Waals surface area contributed by atoms with E-state index in [2.05, 4.69) is 156 Å². The first-order valence-corrected chi connectivity index (χ1v) is 16.9. The standard InChI is InChI=1S/C46H27N3O/c1-2-13-29(14-3-1)43-36-18-8-9-23-39(36)47-46(48-43)49-40-27-31-16-5-4-15-30(31)26-38(40)34-20-10-19-33(44(34)49)35-21-11-22-37-42-32-17-7-6-12-28(32)24-25-41(42)50-45(35)37/h1-27H. The van der Waals surface area contributed by atoms with Crippen LogP contribution in [0, 0.1) is 0 Å². The molecule has 0 N–H and O–H groups in total. The Morgan fingerprint density at radius 1 is 0.460 bits per heavy atom. The number of nitrogens with zero attached hydrogens (tertiary/aromatic N) is 3. The fourth-order valence-electron chi connectivity index (χ4n) is 7.94. The van der Waals surface area contributed by atoms with Gasteiger partial charge in [0.25, 0.3) is 0 Å². The van der Waals surface area contributed by atoms with E-state index in [1.807, 2.05) is 12.1 Å². The summed E-state index contributed by atoms with van der Waals surface area (Å²) < 4.78 is 9.04. The summed E-state index contributed by atoms with van der Waals surface area (Å²) in [5.41, 5.74) is 8.82. The molecule has 0 aliphatic heterocycles. The third-order valence-electron chi connectivity index (χ3n) is 10.2.